The highest BCUT2D eigenvalue weighted by Gasteiger charge is 2.44. The van der Waals surface area contributed by atoms with Gasteiger partial charge >= 0.3 is 5.97 Å². The van der Waals surface area contributed by atoms with Gasteiger partial charge in [0, 0.05) is 0 Å². The van der Waals surface area contributed by atoms with Gasteiger partial charge in [0.25, 0.3) is 0 Å². The van der Waals surface area contributed by atoms with Gasteiger partial charge in [0.05, 0.1) is 12.2 Å². The van der Waals surface area contributed by atoms with Crippen molar-refractivity contribution in [3.8, 4) is 5.75 Å². The Hall–Kier alpha value is -1.59. The van der Waals surface area contributed by atoms with Crippen LogP contribution in [0.4, 0.5) is 0 Å². The normalized spacial score (nSPS) is 25.9. The Bertz CT molecular complexity index is 798. The lowest BCUT2D eigenvalue weighted by Crippen LogP contribution is -2.31. The van der Waals surface area contributed by atoms with Crippen LogP contribution in [-0.4, -0.2) is 41.1 Å². The maximum atomic E-state index is 12.3. The minimum absolute atomic E-state index is 0.0911. The number of rotatable bonds is 11. The number of fused-ring (bicyclic) bond motifs is 2. The third kappa shape index (κ3) is 6.97. The number of aliphatic hydroxyl groups is 2. The molecule has 1 fully saturated rings. The fourth-order valence-electron chi connectivity index (χ4n) is 5.64. The number of hydrogen-bond acceptors (Lipinski definition) is 5. The van der Waals surface area contributed by atoms with E-state index in [0.29, 0.717) is 11.8 Å². The molecule has 1 aromatic carbocycles. The molecule has 0 amide bonds. The van der Waals surface area contributed by atoms with Crippen LogP contribution >= 0.6 is 0 Å². The van der Waals surface area contributed by atoms with Crippen molar-refractivity contribution in [2.24, 2.45) is 23.2 Å². The zero-order chi connectivity index (χ0) is 24.9. The van der Waals surface area contributed by atoms with Crippen LogP contribution in [0.5, 0.6) is 5.75 Å². The van der Waals surface area contributed by atoms with Crippen molar-refractivity contribution in [1.29, 1.82) is 0 Å². The molecule has 0 aliphatic heterocycles. The van der Waals surface area contributed by atoms with E-state index in [1.165, 1.54) is 24.0 Å². The Kier molecular flexibility index (Phi) is 9.45. The van der Waals surface area contributed by atoms with Gasteiger partial charge in [-0.05, 0) is 85.8 Å². The summed E-state index contributed by atoms with van der Waals surface area (Å²) in [5, 5.41) is 21.2. The molecule has 0 unspecified atom stereocenters. The van der Waals surface area contributed by atoms with Crippen molar-refractivity contribution in [2.45, 2.75) is 111 Å². The number of benzene rings is 1. The molecule has 1 saturated carbocycles. The number of ether oxygens (including phenoxy) is 2. The number of aliphatic hydroxyl groups excluding tert-OH is 2. The first kappa shape index (κ1) is 27.0. The molecular formula is C29H46O5. The van der Waals surface area contributed by atoms with E-state index < -0.39 is 0 Å². The van der Waals surface area contributed by atoms with E-state index in [4.69, 9.17) is 9.47 Å². The van der Waals surface area contributed by atoms with Crippen molar-refractivity contribution in [1.82, 2.24) is 0 Å². The van der Waals surface area contributed by atoms with Crippen LogP contribution in [0.1, 0.15) is 90.7 Å². The first-order valence-corrected chi connectivity index (χ1v) is 13.4. The fourth-order valence-corrected chi connectivity index (χ4v) is 5.64. The van der Waals surface area contributed by atoms with Crippen LogP contribution in [0.2, 0.25) is 0 Å². The Morgan fingerprint density at radius 3 is 2.65 bits per heavy atom. The third-order valence-electron chi connectivity index (χ3n) is 8.19. The van der Waals surface area contributed by atoms with Crippen molar-refractivity contribution in [2.75, 3.05) is 6.61 Å². The molecule has 0 radical (unpaired) electrons. The van der Waals surface area contributed by atoms with Gasteiger partial charge < -0.3 is 19.7 Å². The van der Waals surface area contributed by atoms with Crippen molar-refractivity contribution >= 4 is 5.97 Å². The second-order valence-corrected chi connectivity index (χ2v) is 11.7. The van der Waals surface area contributed by atoms with Gasteiger partial charge in [0.15, 0.2) is 6.61 Å². The van der Waals surface area contributed by atoms with E-state index in [-0.39, 0.29) is 42.2 Å². The number of hydrogen-bond donors (Lipinski definition) is 2. The Morgan fingerprint density at radius 1 is 1.18 bits per heavy atom. The molecule has 0 saturated heterocycles. The summed E-state index contributed by atoms with van der Waals surface area (Å²) in [7, 11) is 0. The van der Waals surface area contributed by atoms with E-state index in [9.17, 15) is 15.0 Å². The molecule has 0 spiro atoms. The Labute approximate surface area is 206 Å². The monoisotopic (exact) mass is 474 g/mol. The van der Waals surface area contributed by atoms with Crippen LogP contribution in [0.25, 0.3) is 0 Å². The zero-order valence-electron chi connectivity index (χ0n) is 21.9. The minimum atomic E-state index is -0.345. The average molecular weight is 475 g/mol. The molecule has 2 aliphatic carbocycles. The van der Waals surface area contributed by atoms with Gasteiger partial charge in [-0.15, -0.1) is 0 Å². The molecule has 1 aromatic rings. The molecule has 0 bridgehead atoms. The number of carbonyl (C=O) groups excluding carboxylic acids is 1. The molecule has 2 N–H and O–H groups in total. The quantitative estimate of drug-likeness (QED) is 0.328. The van der Waals surface area contributed by atoms with Gasteiger partial charge in [-0.2, -0.15) is 0 Å². The van der Waals surface area contributed by atoms with Gasteiger partial charge in [-0.1, -0.05) is 59.1 Å². The first-order valence-electron chi connectivity index (χ1n) is 13.4. The highest BCUT2D eigenvalue weighted by Crippen LogP contribution is 2.48. The molecular weight excluding hydrogens is 428 g/mol. The van der Waals surface area contributed by atoms with Crippen molar-refractivity contribution < 1.29 is 24.5 Å². The van der Waals surface area contributed by atoms with Crippen LogP contribution in [0, 0.1) is 23.2 Å². The van der Waals surface area contributed by atoms with E-state index >= 15 is 0 Å². The van der Waals surface area contributed by atoms with Gasteiger partial charge in [-0.25, -0.2) is 4.79 Å². The average Bonchev–Trinajstić information content (AvgIpc) is 3.08. The van der Waals surface area contributed by atoms with E-state index in [1.54, 1.807) is 0 Å². The Morgan fingerprint density at radius 2 is 1.94 bits per heavy atom. The van der Waals surface area contributed by atoms with Gasteiger partial charge in [0.2, 0.25) is 0 Å². The first-order chi connectivity index (χ1) is 16.1. The summed E-state index contributed by atoms with van der Waals surface area (Å²) in [4.78, 5) is 12.3. The highest BCUT2D eigenvalue weighted by molar-refractivity contribution is 5.71. The number of carbonyl (C=O) groups is 1. The van der Waals surface area contributed by atoms with E-state index in [0.717, 1.165) is 50.7 Å². The third-order valence-corrected chi connectivity index (χ3v) is 8.19. The molecule has 34 heavy (non-hydrogen) atoms. The second-order valence-electron chi connectivity index (χ2n) is 11.7. The lowest BCUT2D eigenvalue weighted by atomic mass is 9.73. The second kappa shape index (κ2) is 11.9. The maximum Gasteiger partial charge on any atom is 0.344 e. The summed E-state index contributed by atoms with van der Waals surface area (Å²) in [6.45, 7) is 10.1. The SMILES string of the molecule is CCCCC[C@H](O)CC[C@@H]1[C@H]2Cc3cccc(OCC(=O)O[C@@H](C)C(C)(C)C)c3C[C@H]2C[C@H]1O. The summed E-state index contributed by atoms with van der Waals surface area (Å²) in [5.74, 6) is 1.53. The molecule has 0 heterocycles. The van der Waals surface area contributed by atoms with Gasteiger partial charge in [-0.3, -0.25) is 0 Å². The van der Waals surface area contributed by atoms with Gasteiger partial charge in [0.1, 0.15) is 11.9 Å². The molecule has 2 aliphatic rings. The highest BCUT2D eigenvalue weighted by atomic mass is 16.6. The molecule has 6 atom stereocenters. The Balaban J connectivity index is 1.58. The topological polar surface area (TPSA) is 76.0 Å². The van der Waals surface area contributed by atoms with Crippen molar-refractivity contribution in [3.05, 3.63) is 29.3 Å². The predicted octanol–water partition coefficient (Wildman–Crippen LogP) is 5.48. The molecule has 192 valence electrons. The molecule has 3 rings (SSSR count). The molecule has 5 heteroatoms. The predicted molar refractivity (Wildman–Crippen MR) is 135 cm³/mol. The molecule has 5 nitrogen and oxygen atoms in total. The van der Waals surface area contributed by atoms with Crippen LogP contribution in [0.15, 0.2) is 18.2 Å². The summed E-state index contributed by atoms with van der Waals surface area (Å²) in [6, 6.07) is 6.09. The summed E-state index contributed by atoms with van der Waals surface area (Å²) in [5.41, 5.74) is 2.33. The summed E-state index contributed by atoms with van der Waals surface area (Å²) in [6.07, 6.45) is 7.81. The number of unbranched alkanes of at least 4 members (excludes halogenated alkanes) is 2. The molecule has 0 aromatic heterocycles. The zero-order valence-corrected chi connectivity index (χ0v) is 21.9. The lowest BCUT2D eigenvalue weighted by Gasteiger charge is -2.32. The van der Waals surface area contributed by atoms with E-state index in [1.807, 2.05) is 39.8 Å². The minimum Gasteiger partial charge on any atom is -0.482 e. The largest absolute Gasteiger partial charge is 0.482 e. The lowest BCUT2D eigenvalue weighted by molar-refractivity contribution is -0.155. The maximum absolute atomic E-state index is 12.3. The summed E-state index contributed by atoms with van der Waals surface area (Å²) >= 11 is 0. The fraction of sp³-hybridized carbons (Fsp3) is 0.759. The standard InChI is InChI=1S/C29H46O5/c1-6-7-8-11-22(30)13-14-23-24-15-20-10-9-12-27(25(20)16-21(24)17-26(23)31)33-18-28(32)34-19(2)29(3,4)5/h9-10,12,19,21-24,26,30-31H,6-8,11,13-18H2,1-5H3/t19-,21-,22-,23+,24-,26+/m0/s1. The smallest absolute Gasteiger partial charge is 0.344 e. The van der Waals surface area contributed by atoms with Crippen LogP contribution < -0.4 is 4.74 Å². The van der Waals surface area contributed by atoms with Crippen molar-refractivity contribution in [3.63, 3.8) is 0 Å². The summed E-state index contributed by atoms with van der Waals surface area (Å²) < 4.78 is 11.5. The van der Waals surface area contributed by atoms with E-state index in [2.05, 4.69) is 13.0 Å². The number of esters is 1. The van der Waals surface area contributed by atoms with Crippen LogP contribution in [-0.2, 0) is 22.4 Å². The van der Waals surface area contributed by atoms with Crippen LogP contribution in [0.3, 0.4) is 0 Å².